The molecule has 0 saturated heterocycles. The monoisotopic (exact) mass is 1230 g/mol. The van der Waals surface area contributed by atoms with Crippen LogP contribution in [0.2, 0.25) is 0 Å². The molecule has 0 atom stereocenters. The van der Waals surface area contributed by atoms with Crippen LogP contribution in [0.25, 0.3) is 169 Å². The number of nitrogens with zero attached hydrogens (tertiary/aromatic N) is 4. The van der Waals surface area contributed by atoms with Crippen LogP contribution >= 0.6 is 56.7 Å². The third-order valence-electron chi connectivity index (χ3n) is 18.0. The molecule has 12 heteroatoms. The molecule has 0 fully saturated rings. The molecule has 20 rings (SSSR count). The molecule has 0 aliphatic carbocycles. The molecular weight excluding hydrogens is 1180 g/mol. The van der Waals surface area contributed by atoms with Gasteiger partial charge in [0.05, 0.1) is 69.9 Å². The molecule has 12 aromatic heterocycles. The standard InChI is InChI=1S/C38H26N2O2S2.C38H26N2OS3/c1-19-5-11-23(12-6-19)39-27-17-21(3)9-15-25(27)32-30(39)35-34(42-32)38-37(43-35)31-36(44-38)33-29(26-16-10-22(4)18-28(26)41-33)40(31)24-13-7-20(2)8-14-24;1-19-5-11-23(12-6-19)39-27-17-21(3)9-15-25(27)34-31(39)37-38(43-34)33-36(44-37)30-32(41-33)35-29(26-16-10-22(4)18-28(26)42-35)40(30)24-13-7-20(2)8-14-24/h2*5-18H,1-4H3. The third kappa shape index (κ3) is 7.03. The molecule has 20 aromatic rings. The lowest BCUT2D eigenvalue weighted by atomic mass is 10.2. The molecule has 7 nitrogen and oxygen atoms in total. The average Bonchev–Trinajstić information content (AvgIpc) is 1.54. The Labute approximate surface area is 522 Å². The van der Waals surface area contributed by atoms with Gasteiger partial charge >= 0.3 is 0 Å². The van der Waals surface area contributed by atoms with Crippen molar-refractivity contribution in [3.05, 3.63) is 214 Å². The fourth-order valence-electron chi connectivity index (χ4n) is 13.8. The zero-order valence-electron chi connectivity index (χ0n) is 49.2. The lowest BCUT2D eigenvalue weighted by molar-refractivity contribution is 0.673. The lowest BCUT2D eigenvalue weighted by Crippen LogP contribution is -1.93. The number of benzene rings is 8. The second-order valence-corrected chi connectivity index (χ2v) is 29.4. The molecule has 0 N–H and O–H groups in total. The maximum atomic E-state index is 7.00. The van der Waals surface area contributed by atoms with Crippen molar-refractivity contribution in [1.29, 1.82) is 0 Å². The largest absolute Gasteiger partial charge is 0.453 e. The highest BCUT2D eigenvalue weighted by Gasteiger charge is 2.32. The second kappa shape index (κ2) is 18.2. The first-order chi connectivity index (χ1) is 42.9. The topological polar surface area (TPSA) is 59.1 Å². The van der Waals surface area contributed by atoms with Gasteiger partial charge in [0.1, 0.15) is 22.1 Å². The number of thiophene rings is 5. The molecular formula is C76H52N4O3S5. The van der Waals surface area contributed by atoms with E-state index in [1.807, 2.05) is 45.3 Å². The van der Waals surface area contributed by atoms with Crippen LogP contribution in [0.5, 0.6) is 0 Å². The van der Waals surface area contributed by atoms with Gasteiger partial charge in [-0.15, -0.1) is 56.7 Å². The van der Waals surface area contributed by atoms with E-state index in [2.05, 4.69) is 244 Å². The van der Waals surface area contributed by atoms with Crippen molar-refractivity contribution in [3.63, 3.8) is 0 Å². The lowest BCUT2D eigenvalue weighted by Gasteiger charge is -2.08. The van der Waals surface area contributed by atoms with Crippen LogP contribution in [0.15, 0.2) is 183 Å². The minimum absolute atomic E-state index is 0.928. The summed E-state index contributed by atoms with van der Waals surface area (Å²) in [4.78, 5) is 0. The molecule has 0 spiro atoms. The molecule has 0 radical (unpaired) electrons. The van der Waals surface area contributed by atoms with Crippen LogP contribution in [0.4, 0.5) is 0 Å². The van der Waals surface area contributed by atoms with Crippen LogP contribution in [0.1, 0.15) is 44.5 Å². The van der Waals surface area contributed by atoms with Crippen LogP contribution in [-0.4, -0.2) is 18.3 Å². The summed E-state index contributed by atoms with van der Waals surface area (Å²) >= 11 is 9.23. The summed E-state index contributed by atoms with van der Waals surface area (Å²) in [5.41, 5.74) is 30.1. The van der Waals surface area contributed by atoms with E-state index in [1.165, 1.54) is 147 Å². The fraction of sp³-hybridized carbons (Fsp3) is 0.105. The first-order valence-electron chi connectivity index (χ1n) is 29.7. The van der Waals surface area contributed by atoms with Gasteiger partial charge in [0.2, 0.25) is 0 Å². The molecule has 0 unspecified atom stereocenters. The average molecular weight is 1230 g/mol. The Bertz CT molecular complexity index is 5970. The minimum Gasteiger partial charge on any atom is -0.453 e. The van der Waals surface area contributed by atoms with E-state index >= 15 is 0 Å². The van der Waals surface area contributed by atoms with Crippen molar-refractivity contribution in [1.82, 2.24) is 18.3 Å². The molecule has 8 aromatic carbocycles. The summed E-state index contributed by atoms with van der Waals surface area (Å²) in [7, 11) is 0. The number of hydrogen-bond donors (Lipinski definition) is 0. The van der Waals surface area contributed by atoms with Crippen molar-refractivity contribution in [2.24, 2.45) is 0 Å². The number of hydrogen-bond acceptors (Lipinski definition) is 8. The number of fused-ring (bicyclic) bond motifs is 26. The molecule has 88 heavy (non-hydrogen) atoms. The van der Waals surface area contributed by atoms with Crippen molar-refractivity contribution < 1.29 is 13.3 Å². The normalized spacial score (nSPS) is 12.5. The summed E-state index contributed by atoms with van der Waals surface area (Å²) < 4.78 is 42.7. The maximum absolute atomic E-state index is 7.00. The number of aromatic nitrogens is 4. The van der Waals surface area contributed by atoms with Gasteiger partial charge in [-0.2, -0.15) is 0 Å². The predicted octanol–water partition coefficient (Wildman–Crippen LogP) is 24.2. The zero-order valence-corrected chi connectivity index (χ0v) is 53.3. The van der Waals surface area contributed by atoms with Gasteiger partial charge in [-0.05, 0) is 163 Å². The first kappa shape index (κ1) is 51.0. The molecule has 0 saturated carbocycles. The number of rotatable bonds is 4. The third-order valence-corrected chi connectivity index (χ3v) is 24.2. The van der Waals surface area contributed by atoms with E-state index in [1.54, 1.807) is 11.3 Å². The summed E-state index contributed by atoms with van der Waals surface area (Å²) in [5.74, 6) is 0. The Morgan fingerprint density at radius 1 is 0.239 bits per heavy atom. The predicted molar refractivity (Wildman–Crippen MR) is 379 cm³/mol. The van der Waals surface area contributed by atoms with Gasteiger partial charge in [0, 0.05) is 49.0 Å². The van der Waals surface area contributed by atoms with Gasteiger partial charge in [-0.25, -0.2) is 0 Å². The minimum atomic E-state index is 0.928. The van der Waals surface area contributed by atoms with Gasteiger partial charge in [-0.1, -0.05) is 107 Å². The second-order valence-electron chi connectivity index (χ2n) is 24.2. The zero-order chi connectivity index (χ0) is 58.9. The van der Waals surface area contributed by atoms with Gasteiger partial charge in [-0.3, -0.25) is 0 Å². The first-order valence-corrected chi connectivity index (χ1v) is 33.8. The van der Waals surface area contributed by atoms with Crippen molar-refractivity contribution in [2.45, 2.75) is 55.4 Å². The van der Waals surface area contributed by atoms with E-state index < -0.39 is 0 Å². The number of furan rings is 3. The van der Waals surface area contributed by atoms with Gasteiger partial charge in [0.15, 0.2) is 27.9 Å². The number of aryl methyl sites for hydroxylation is 8. The van der Waals surface area contributed by atoms with E-state index in [-0.39, 0.29) is 0 Å². The smallest absolute Gasteiger partial charge is 0.172 e. The Morgan fingerprint density at radius 3 is 1.19 bits per heavy atom. The Morgan fingerprint density at radius 2 is 0.614 bits per heavy atom. The van der Waals surface area contributed by atoms with Crippen molar-refractivity contribution in [2.75, 3.05) is 0 Å². The van der Waals surface area contributed by atoms with E-state index in [0.717, 1.165) is 66.7 Å². The molecule has 0 amide bonds. The van der Waals surface area contributed by atoms with E-state index in [0.29, 0.717) is 0 Å². The van der Waals surface area contributed by atoms with Crippen LogP contribution < -0.4 is 0 Å². The van der Waals surface area contributed by atoms with E-state index in [4.69, 9.17) is 13.3 Å². The SMILES string of the molecule is Cc1ccc(-n2c3cc(C)ccc3c3oc4c5sc6c7oc8cc(C)ccc8c7n(-c7ccc(C)cc7)c6c5sc4c32)cc1.Cc1ccc(-n2c3cc(C)ccc3c3sc4c5oc6c7sc8cc(C)ccc8c7n(-c7ccc(C)cc7)c6c5sc4c32)cc1. The quantitative estimate of drug-likeness (QED) is 0.176. The molecule has 424 valence electrons. The Hall–Kier alpha value is -9.14. The van der Waals surface area contributed by atoms with Crippen LogP contribution in [-0.2, 0) is 0 Å². The Balaban J connectivity index is 0.000000128. The molecule has 0 aliphatic rings. The fourth-order valence-corrected chi connectivity index (χ4v) is 20.5. The summed E-state index contributed by atoms with van der Waals surface area (Å²) in [5, 5.41) is 4.87. The summed E-state index contributed by atoms with van der Waals surface area (Å²) in [6.07, 6.45) is 0. The van der Waals surface area contributed by atoms with Crippen molar-refractivity contribution >= 4 is 203 Å². The van der Waals surface area contributed by atoms with E-state index in [9.17, 15) is 0 Å². The Kier molecular flexibility index (Phi) is 10.6. The van der Waals surface area contributed by atoms with Crippen LogP contribution in [0, 0.1) is 55.4 Å². The summed E-state index contributed by atoms with van der Waals surface area (Å²) in [6.45, 7) is 17.2. The van der Waals surface area contributed by atoms with Gasteiger partial charge in [0.25, 0.3) is 0 Å². The molecule has 0 bridgehead atoms. The summed E-state index contributed by atoms with van der Waals surface area (Å²) in [6, 6.07) is 62.3. The highest BCUT2D eigenvalue weighted by molar-refractivity contribution is 7.38. The highest BCUT2D eigenvalue weighted by atomic mass is 32.1. The molecule has 12 heterocycles. The van der Waals surface area contributed by atoms with Crippen molar-refractivity contribution in [3.8, 4) is 22.7 Å². The molecule has 0 aliphatic heterocycles. The van der Waals surface area contributed by atoms with Gasteiger partial charge < -0.3 is 31.5 Å². The van der Waals surface area contributed by atoms with Crippen LogP contribution in [0.3, 0.4) is 0 Å². The highest BCUT2D eigenvalue weighted by Crippen LogP contribution is 2.56. The maximum Gasteiger partial charge on any atom is 0.172 e.